The standard InChI is InChI=1S/C14H20ClNO3S/c1-10-8-16(9-11(10)2)20(17,18)13-4-5-14(19-3)12(6-13)7-15/h4-6,10-11H,7-9H2,1-3H3. The van der Waals surface area contributed by atoms with Crippen LogP contribution in [0.5, 0.6) is 5.75 Å². The molecule has 0 saturated carbocycles. The molecule has 1 heterocycles. The Kier molecular flexibility index (Phi) is 4.62. The Labute approximate surface area is 125 Å². The second-order valence-electron chi connectivity index (χ2n) is 5.38. The highest BCUT2D eigenvalue weighted by Crippen LogP contribution is 2.30. The van der Waals surface area contributed by atoms with Gasteiger partial charge < -0.3 is 4.74 Å². The molecule has 0 aliphatic carbocycles. The van der Waals surface area contributed by atoms with Gasteiger partial charge in [-0.15, -0.1) is 11.6 Å². The fourth-order valence-corrected chi connectivity index (χ4v) is 4.34. The molecule has 1 aromatic carbocycles. The number of benzene rings is 1. The number of halogens is 1. The quantitative estimate of drug-likeness (QED) is 0.802. The molecule has 0 radical (unpaired) electrons. The van der Waals surface area contributed by atoms with Crippen molar-refractivity contribution < 1.29 is 13.2 Å². The summed E-state index contributed by atoms with van der Waals surface area (Å²) in [5, 5.41) is 0. The van der Waals surface area contributed by atoms with Gasteiger partial charge in [0.25, 0.3) is 0 Å². The molecule has 2 rings (SSSR count). The molecule has 1 saturated heterocycles. The van der Waals surface area contributed by atoms with E-state index in [2.05, 4.69) is 13.8 Å². The van der Waals surface area contributed by atoms with Crippen molar-refractivity contribution in [3.8, 4) is 5.75 Å². The van der Waals surface area contributed by atoms with Crippen molar-refractivity contribution in [3.05, 3.63) is 23.8 Å². The van der Waals surface area contributed by atoms with Crippen LogP contribution in [0.25, 0.3) is 0 Å². The Morgan fingerprint density at radius 3 is 2.40 bits per heavy atom. The van der Waals surface area contributed by atoms with Gasteiger partial charge in [0.05, 0.1) is 17.9 Å². The molecule has 0 aromatic heterocycles. The summed E-state index contributed by atoms with van der Waals surface area (Å²) < 4.78 is 32.0. The van der Waals surface area contributed by atoms with Crippen LogP contribution >= 0.6 is 11.6 Å². The van der Waals surface area contributed by atoms with Crippen molar-refractivity contribution in [3.63, 3.8) is 0 Å². The minimum absolute atomic E-state index is 0.222. The minimum Gasteiger partial charge on any atom is -0.496 e. The monoisotopic (exact) mass is 317 g/mol. The molecule has 1 fully saturated rings. The summed E-state index contributed by atoms with van der Waals surface area (Å²) in [6.07, 6.45) is 0. The maximum atomic E-state index is 12.6. The van der Waals surface area contributed by atoms with Crippen LogP contribution in [0.15, 0.2) is 23.1 Å². The van der Waals surface area contributed by atoms with Gasteiger partial charge in [0.15, 0.2) is 0 Å². The van der Waals surface area contributed by atoms with Crippen LogP contribution in [0.1, 0.15) is 19.4 Å². The molecule has 1 aromatic rings. The third-order valence-corrected chi connectivity index (χ3v) is 6.10. The summed E-state index contributed by atoms with van der Waals surface area (Å²) in [6.45, 7) is 5.31. The minimum atomic E-state index is -3.44. The fraction of sp³-hybridized carbons (Fsp3) is 0.571. The number of hydrogen-bond donors (Lipinski definition) is 0. The van der Waals surface area contributed by atoms with Crippen molar-refractivity contribution in [1.82, 2.24) is 4.31 Å². The molecule has 0 bridgehead atoms. The van der Waals surface area contributed by atoms with Crippen LogP contribution in [-0.2, 0) is 15.9 Å². The van der Waals surface area contributed by atoms with E-state index < -0.39 is 10.0 Å². The van der Waals surface area contributed by atoms with E-state index in [9.17, 15) is 8.42 Å². The number of sulfonamides is 1. The molecule has 112 valence electrons. The van der Waals surface area contributed by atoms with E-state index in [1.54, 1.807) is 29.6 Å². The predicted octanol–water partition coefficient (Wildman–Crippen LogP) is 2.71. The first-order chi connectivity index (χ1) is 9.40. The van der Waals surface area contributed by atoms with Crippen LogP contribution < -0.4 is 4.74 Å². The number of hydrogen-bond acceptors (Lipinski definition) is 3. The molecule has 0 amide bonds. The van der Waals surface area contributed by atoms with Gasteiger partial charge in [-0.3, -0.25) is 0 Å². The maximum absolute atomic E-state index is 12.6. The van der Waals surface area contributed by atoms with Gasteiger partial charge in [0.2, 0.25) is 10.0 Å². The van der Waals surface area contributed by atoms with Crippen LogP contribution in [0.3, 0.4) is 0 Å². The first-order valence-electron chi connectivity index (χ1n) is 6.63. The lowest BCUT2D eigenvalue weighted by atomic mass is 10.0. The maximum Gasteiger partial charge on any atom is 0.243 e. The molecule has 0 spiro atoms. The number of ether oxygens (including phenoxy) is 1. The van der Waals surface area contributed by atoms with Gasteiger partial charge >= 0.3 is 0 Å². The van der Waals surface area contributed by atoms with E-state index >= 15 is 0 Å². The molecule has 2 atom stereocenters. The number of alkyl halides is 1. The van der Waals surface area contributed by atoms with E-state index in [0.717, 1.165) is 0 Å². The number of methoxy groups -OCH3 is 1. The van der Waals surface area contributed by atoms with Crippen LogP contribution in [0.2, 0.25) is 0 Å². The van der Waals surface area contributed by atoms with Gasteiger partial charge in [0.1, 0.15) is 5.75 Å². The van der Waals surface area contributed by atoms with E-state index in [1.165, 1.54) is 0 Å². The van der Waals surface area contributed by atoms with Crippen LogP contribution in [0, 0.1) is 11.8 Å². The summed E-state index contributed by atoms with van der Waals surface area (Å²) in [5.74, 6) is 1.60. The Balaban J connectivity index is 2.35. The zero-order chi connectivity index (χ0) is 14.9. The van der Waals surface area contributed by atoms with Crippen LogP contribution in [0.4, 0.5) is 0 Å². The molecule has 2 unspecified atom stereocenters. The Morgan fingerprint density at radius 1 is 1.30 bits per heavy atom. The Morgan fingerprint density at radius 2 is 1.90 bits per heavy atom. The van der Waals surface area contributed by atoms with E-state index in [1.807, 2.05) is 0 Å². The first-order valence-corrected chi connectivity index (χ1v) is 8.60. The topological polar surface area (TPSA) is 46.6 Å². The third-order valence-electron chi connectivity index (χ3n) is 3.99. The van der Waals surface area contributed by atoms with Gasteiger partial charge in [0, 0.05) is 18.7 Å². The largest absolute Gasteiger partial charge is 0.496 e. The fourth-order valence-electron chi connectivity index (χ4n) is 2.44. The summed E-state index contributed by atoms with van der Waals surface area (Å²) in [6, 6.07) is 4.85. The smallest absolute Gasteiger partial charge is 0.243 e. The van der Waals surface area contributed by atoms with Gasteiger partial charge in [-0.2, -0.15) is 4.31 Å². The molecule has 1 aliphatic heterocycles. The predicted molar refractivity (Wildman–Crippen MR) is 79.6 cm³/mol. The summed E-state index contributed by atoms with van der Waals surface area (Å²) in [5.41, 5.74) is 0.690. The van der Waals surface area contributed by atoms with Gasteiger partial charge in [-0.1, -0.05) is 13.8 Å². The average Bonchev–Trinajstić information content (AvgIpc) is 2.78. The van der Waals surface area contributed by atoms with E-state index in [4.69, 9.17) is 16.3 Å². The average molecular weight is 318 g/mol. The molecule has 1 aliphatic rings. The molecule has 4 nitrogen and oxygen atoms in total. The van der Waals surface area contributed by atoms with Crippen molar-refractivity contribution in [1.29, 1.82) is 0 Å². The van der Waals surface area contributed by atoms with Gasteiger partial charge in [-0.05, 0) is 30.0 Å². The van der Waals surface area contributed by atoms with Crippen molar-refractivity contribution in [2.24, 2.45) is 11.8 Å². The van der Waals surface area contributed by atoms with Crippen molar-refractivity contribution in [2.45, 2.75) is 24.6 Å². The molecular weight excluding hydrogens is 298 g/mol. The van der Waals surface area contributed by atoms with E-state index in [0.29, 0.717) is 36.2 Å². The zero-order valence-electron chi connectivity index (χ0n) is 12.0. The molecule has 20 heavy (non-hydrogen) atoms. The SMILES string of the molecule is COc1ccc(S(=O)(=O)N2CC(C)C(C)C2)cc1CCl. The highest BCUT2D eigenvalue weighted by atomic mass is 35.5. The lowest BCUT2D eigenvalue weighted by Crippen LogP contribution is -2.29. The lowest BCUT2D eigenvalue weighted by Gasteiger charge is -2.17. The number of nitrogens with zero attached hydrogens (tertiary/aromatic N) is 1. The zero-order valence-corrected chi connectivity index (χ0v) is 13.5. The Bertz CT molecular complexity index is 578. The summed E-state index contributed by atoms with van der Waals surface area (Å²) in [7, 11) is -1.90. The van der Waals surface area contributed by atoms with Crippen molar-refractivity contribution in [2.75, 3.05) is 20.2 Å². The third kappa shape index (κ3) is 2.80. The number of rotatable bonds is 4. The Hall–Kier alpha value is -0.780. The van der Waals surface area contributed by atoms with E-state index in [-0.39, 0.29) is 10.8 Å². The second-order valence-corrected chi connectivity index (χ2v) is 7.59. The van der Waals surface area contributed by atoms with Gasteiger partial charge in [-0.25, -0.2) is 8.42 Å². The highest BCUT2D eigenvalue weighted by Gasteiger charge is 2.35. The first kappa shape index (κ1) is 15.6. The summed E-state index contributed by atoms with van der Waals surface area (Å²) >= 11 is 5.85. The second kappa shape index (κ2) is 5.92. The lowest BCUT2D eigenvalue weighted by molar-refractivity contribution is 0.410. The van der Waals surface area contributed by atoms with Crippen LogP contribution in [-0.4, -0.2) is 32.9 Å². The molecular formula is C14H20ClNO3S. The highest BCUT2D eigenvalue weighted by molar-refractivity contribution is 7.89. The molecule has 0 N–H and O–H groups in total. The summed E-state index contributed by atoms with van der Waals surface area (Å²) in [4.78, 5) is 0.287. The van der Waals surface area contributed by atoms with Crippen molar-refractivity contribution >= 4 is 21.6 Å². The molecule has 6 heteroatoms. The normalized spacial score (nSPS) is 24.0.